The van der Waals surface area contributed by atoms with E-state index in [0.717, 1.165) is 11.1 Å². The standard InChI is InChI=1S/C17H16ClNO2S2/c1-10-2-4-11(5-3-10)14-15(17(19)22)16(14)23(20,21)13-8-6-12(18)7-9-13/h2-9,14-16H,1H3,(H2,19,22)/t14-,15-,16+/m0/s1. The van der Waals surface area contributed by atoms with E-state index in [1.165, 1.54) is 12.1 Å². The highest BCUT2D eigenvalue weighted by Crippen LogP contribution is 2.54. The van der Waals surface area contributed by atoms with Crippen molar-refractivity contribution in [3.8, 4) is 0 Å². The smallest absolute Gasteiger partial charge is 0.182 e. The number of hydrogen-bond donors (Lipinski definition) is 1. The Bertz CT molecular complexity index is 845. The number of halogens is 1. The minimum Gasteiger partial charge on any atom is -0.393 e. The number of aryl methyl sites for hydroxylation is 1. The molecule has 0 radical (unpaired) electrons. The molecule has 23 heavy (non-hydrogen) atoms. The fourth-order valence-corrected chi connectivity index (χ4v) is 5.63. The van der Waals surface area contributed by atoms with Gasteiger partial charge in [0.2, 0.25) is 0 Å². The highest BCUT2D eigenvalue weighted by molar-refractivity contribution is 7.92. The summed E-state index contributed by atoms with van der Waals surface area (Å²) in [6, 6.07) is 14.0. The van der Waals surface area contributed by atoms with Crippen LogP contribution in [0.1, 0.15) is 17.0 Å². The molecule has 3 nitrogen and oxygen atoms in total. The largest absolute Gasteiger partial charge is 0.393 e. The summed E-state index contributed by atoms with van der Waals surface area (Å²) >= 11 is 10.9. The lowest BCUT2D eigenvalue weighted by Crippen LogP contribution is -2.17. The molecule has 0 heterocycles. The summed E-state index contributed by atoms with van der Waals surface area (Å²) in [6.07, 6.45) is 0. The lowest BCUT2D eigenvalue weighted by atomic mass is 10.1. The van der Waals surface area contributed by atoms with Crippen molar-refractivity contribution in [2.45, 2.75) is 23.0 Å². The maximum atomic E-state index is 12.9. The van der Waals surface area contributed by atoms with Gasteiger partial charge in [0.25, 0.3) is 0 Å². The zero-order valence-electron chi connectivity index (χ0n) is 12.4. The van der Waals surface area contributed by atoms with Crippen LogP contribution in [0.25, 0.3) is 0 Å². The lowest BCUT2D eigenvalue weighted by molar-refractivity contribution is 0.593. The van der Waals surface area contributed by atoms with Gasteiger partial charge in [0.05, 0.1) is 15.1 Å². The normalized spacial score (nSPS) is 23.5. The van der Waals surface area contributed by atoms with Crippen LogP contribution in [0.3, 0.4) is 0 Å². The third-order valence-corrected chi connectivity index (χ3v) is 7.00. The number of thiocarbonyl (C=S) groups is 1. The molecule has 0 amide bonds. The van der Waals surface area contributed by atoms with Gasteiger partial charge in [-0.2, -0.15) is 0 Å². The van der Waals surface area contributed by atoms with Gasteiger partial charge in [-0.05, 0) is 36.8 Å². The van der Waals surface area contributed by atoms with Gasteiger partial charge in [0.1, 0.15) is 0 Å². The first kappa shape index (κ1) is 16.4. The molecule has 3 rings (SSSR count). The second kappa shape index (κ2) is 5.89. The highest BCUT2D eigenvalue weighted by Gasteiger charge is 2.60. The molecule has 0 spiro atoms. The van der Waals surface area contributed by atoms with Crippen LogP contribution in [0.15, 0.2) is 53.4 Å². The van der Waals surface area contributed by atoms with Gasteiger partial charge in [-0.15, -0.1) is 0 Å². The number of hydrogen-bond acceptors (Lipinski definition) is 3. The van der Waals surface area contributed by atoms with Crippen molar-refractivity contribution in [1.29, 1.82) is 0 Å². The first-order valence-corrected chi connectivity index (χ1v) is 9.51. The third-order valence-electron chi connectivity index (χ3n) is 4.25. The van der Waals surface area contributed by atoms with E-state index in [9.17, 15) is 8.42 Å². The summed E-state index contributed by atoms with van der Waals surface area (Å²) in [5.41, 5.74) is 7.87. The van der Waals surface area contributed by atoms with Gasteiger partial charge in [-0.3, -0.25) is 0 Å². The summed E-state index contributed by atoms with van der Waals surface area (Å²) in [5, 5.41) is -0.107. The van der Waals surface area contributed by atoms with Crippen molar-refractivity contribution in [2.75, 3.05) is 0 Å². The SMILES string of the molecule is Cc1ccc([C@H]2[C@H](C(N)=S)[C@@H]2S(=O)(=O)c2ccc(Cl)cc2)cc1. The van der Waals surface area contributed by atoms with Crippen LogP contribution in [0.2, 0.25) is 5.02 Å². The van der Waals surface area contributed by atoms with E-state index in [-0.39, 0.29) is 21.7 Å². The first-order valence-electron chi connectivity index (χ1n) is 7.18. The Morgan fingerprint density at radius 1 is 1.09 bits per heavy atom. The quantitative estimate of drug-likeness (QED) is 0.842. The molecule has 0 unspecified atom stereocenters. The number of benzene rings is 2. The average molecular weight is 366 g/mol. The van der Waals surface area contributed by atoms with E-state index in [0.29, 0.717) is 5.02 Å². The van der Waals surface area contributed by atoms with Crippen LogP contribution in [0.4, 0.5) is 0 Å². The van der Waals surface area contributed by atoms with E-state index in [2.05, 4.69) is 0 Å². The zero-order valence-corrected chi connectivity index (χ0v) is 14.8. The molecule has 2 N–H and O–H groups in total. The molecule has 1 aliphatic carbocycles. The number of nitrogens with two attached hydrogens (primary N) is 1. The van der Waals surface area contributed by atoms with E-state index in [4.69, 9.17) is 29.6 Å². The fraction of sp³-hybridized carbons (Fsp3) is 0.235. The maximum absolute atomic E-state index is 12.9. The predicted molar refractivity (Wildman–Crippen MR) is 96.6 cm³/mol. The molecule has 0 saturated heterocycles. The minimum atomic E-state index is -3.51. The Kier molecular flexibility index (Phi) is 4.21. The second-order valence-electron chi connectivity index (χ2n) is 5.83. The van der Waals surface area contributed by atoms with E-state index in [1.807, 2.05) is 31.2 Å². The molecular weight excluding hydrogens is 350 g/mol. The summed E-state index contributed by atoms with van der Waals surface area (Å²) < 4.78 is 25.8. The molecular formula is C17H16ClNO2S2. The Hall–Kier alpha value is -1.43. The molecule has 6 heteroatoms. The topological polar surface area (TPSA) is 60.2 Å². The van der Waals surface area contributed by atoms with E-state index in [1.54, 1.807) is 12.1 Å². The van der Waals surface area contributed by atoms with Crippen molar-refractivity contribution in [3.63, 3.8) is 0 Å². The van der Waals surface area contributed by atoms with Crippen LogP contribution in [0, 0.1) is 12.8 Å². The minimum absolute atomic E-state index is 0.186. The molecule has 0 aromatic heterocycles. The fourth-order valence-electron chi connectivity index (χ4n) is 2.98. The van der Waals surface area contributed by atoms with Crippen LogP contribution < -0.4 is 5.73 Å². The average Bonchev–Trinajstić information content (AvgIpc) is 3.25. The summed E-state index contributed by atoms with van der Waals surface area (Å²) in [7, 11) is -3.51. The van der Waals surface area contributed by atoms with E-state index >= 15 is 0 Å². The Morgan fingerprint density at radius 3 is 2.17 bits per heavy atom. The summed E-state index contributed by atoms with van der Waals surface area (Å²) in [5.74, 6) is -0.512. The Labute approximate surface area is 146 Å². The third kappa shape index (κ3) is 3.01. The van der Waals surface area contributed by atoms with Gasteiger partial charge < -0.3 is 5.73 Å². The van der Waals surface area contributed by atoms with Gasteiger partial charge in [0.15, 0.2) is 9.84 Å². The molecule has 2 aromatic carbocycles. The lowest BCUT2D eigenvalue weighted by Gasteiger charge is -2.05. The van der Waals surface area contributed by atoms with Crippen molar-refractivity contribution in [3.05, 3.63) is 64.7 Å². The van der Waals surface area contributed by atoms with Crippen molar-refractivity contribution in [2.24, 2.45) is 11.7 Å². The molecule has 1 fully saturated rings. The van der Waals surface area contributed by atoms with Crippen molar-refractivity contribution >= 4 is 38.6 Å². The summed E-state index contributed by atoms with van der Waals surface area (Å²) in [4.78, 5) is 0.501. The molecule has 0 aliphatic heterocycles. The zero-order chi connectivity index (χ0) is 16.8. The van der Waals surface area contributed by atoms with Crippen LogP contribution in [0.5, 0.6) is 0 Å². The number of rotatable bonds is 4. The molecule has 0 bridgehead atoms. The van der Waals surface area contributed by atoms with Gasteiger partial charge in [0, 0.05) is 16.9 Å². The van der Waals surface area contributed by atoms with Crippen molar-refractivity contribution in [1.82, 2.24) is 0 Å². The maximum Gasteiger partial charge on any atom is 0.182 e. The first-order chi connectivity index (χ1) is 10.8. The van der Waals surface area contributed by atoms with Gasteiger partial charge in [-0.25, -0.2) is 8.42 Å². The predicted octanol–water partition coefficient (Wildman–Crippen LogP) is 3.49. The van der Waals surface area contributed by atoms with E-state index < -0.39 is 15.1 Å². The highest BCUT2D eigenvalue weighted by atomic mass is 35.5. The molecule has 1 aliphatic rings. The van der Waals surface area contributed by atoms with Crippen LogP contribution in [-0.4, -0.2) is 18.7 Å². The van der Waals surface area contributed by atoms with Crippen LogP contribution >= 0.6 is 23.8 Å². The second-order valence-corrected chi connectivity index (χ2v) is 8.84. The van der Waals surface area contributed by atoms with Gasteiger partial charge >= 0.3 is 0 Å². The monoisotopic (exact) mass is 365 g/mol. The summed E-state index contributed by atoms with van der Waals surface area (Å²) in [6.45, 7) is 1.99. The van der Waals surface area contributed by atoms with Gasteiger partial charge in [-0.1, -0.05) is 53.6 Å². The Balaban J connectivity index is 1.98. The Morgan fingerprint density at radius 2 is 1.65 bits per heavy atom. The van der Waals surface area contributed by atoms with Crippen molar-refractivity contribution < 1.29 is 8.42 Å². The molecule has 120 valence electrons. The molecule has 1 saturated carbocycles. The molecule has 2 aromatic rings. The molecule has 3 atom stereocenters. The number of sulfone groups is 1. The van der Waals surface area contributed by atoms with Crippen LogP contribution in [-0.2, 0) is 9.84 Å².